The van der Waals surface area contributed by atoms with Gasteiger partial charge in [0.1, 0.15) is 0 Å². The Balaban J connectivity index is 1.44. The van der Waals surface area contributed by atoms with Gasteiger partial charge in [-0.2, -0.15) is 0 Å². The van der Waals surface area contributed by atoms with Crippen molar-refractivity contribution in [3.63, 3.8) is 0 Å². The third kappa shape index (κ3) is 2.93. The summed E-state index contributed by atoms with van der Waals surface area (Å²) in [5, 5.41) is 15.0. The van der Waals surface area contributed by atoms with Gasteiger partial charge in [-0.3, -0.25) is 0 Å². The quantitative estimate of drug-likeness (QED) is 0.884. The number of anilines is 1. The highest BCUT2D eigenvalue weighted by Crippen LogP contribution is 2.32. The van der Waals surface area contributed by atoms with Crippen LogP contribution in [0.4, 0.5) is 6.01 Å². The van der Waals surface area contributed by atoms with Crippen LogP contribution in [-0.4, -0.2) is 16.2 Å². The molecule has 0 bridgehead atoms. The van der Waals surface area contributed by atoms with Gasteiger partial charge in [0, 0.05) is 6.04 Å². The van der Waals surface area contributed by atoms with Crippen molar-refractivity contribution >= 4 is 6.01 Å². The van der Waals surface area contributed by atoms with Gasteiger partial charge in [-0.15, -0.1) is 5.10 Å². The third-order valence-corrected chi connectivity index (χ3v) is 4.25. The second-order valence-electron chi connectivity index (χ2n) is 5.94. The molecule has 0 amide bonds. The summed E-state index contributed by atoms with van der Waals surface area (Å²) in [6.07, 6.45) is 5.99. The molecule has 2 aliphatic carbocycles. The van der Waals surface area contributed by atoms with E-state index in [-0.39, 0.29) is 6.04 Å². The average Bonchev–Trinajstić information content (AvgIpc) is 3.25. The first-order valence-electron chi connectivity index (χ1n) is 7.78. The fourth-order valence-electron chi connectivity index (χ4n) is 2.96. The lowest BCUT2D eigenvalue weighted by Gasteiger charge is -2.25. The summed E-state index contributed by atoms with van der Waals surface area (Å²) in [4.78, 5) is 0. The van der Waals surface area contributed by atoms with Crippen molar-refractivity contribution in [2.24, 2.45) is 0 Å². The molecule has 110 valence electrons. The van der Waals surface area contributed by atoms with Crippen molar-refractivity contribution in [1.82, 2.24) is 15.5 Å². The van der Waals surface area contributed by atoms with Gasteiger partial charge in [-0.05, 0) is 43.2 Å². The molecule has 0 radical (unpaired) electrons. The first kappa shape index (κ1) is 12.8. The van der Waals surface area contributed by atoms with Gasteiger partial charge in [0.05, 0.1) is 12.6 Å². The van der Waals surface area contributed by atoms with Gasteiger partial charge < -0.3 is 15.1 Å². The van der Waals surface area contributed by atoms with Crippen molar-refractivity contribution in [1.29, 1.82) is 0 Å². The highest BCUT2D eigenvalue weighted by atomic mass is 16.4. The van der Waals surface area contributed by atoms with Gasteiger partial charge >= 0.3 is 6.01 Å². The molecule has 1 saturated carbocycles. The number of aryl methyl sites for hydroxylation is 1. The first-order valence-corrected chi connectivity index (χ1v) is 7.78. The van der Waals surface area contributed by atoms with Crippen LogP contribution >= 0.6 is 0 Å². The van der Waals surface area contributed by atoms with E-state index in [4.69, 9.17) is 4.42 Å². The maximum atomic E-state index is 5.68. The molecule has 1 fully saturated rings. The van der Waals surface area contributed by atoms with Gasteiger partial charge in [0.25, 0.3) is 0 Å². The van der Waals surface area contributed by atoms with Gasteiger partial charge in [0.15, 0.2) is 0 Å². The number of benzene rings is 1. The van der Waals surface area contributed by atoms with Gasteiger partial charge in [0.2, 0.25) is 5.89 Å². The SMILES string of the molecule is c1ccc2c(c1)CCCC2Nc1nnc(CNC2CC2)o1. The minimum atomic E-state index is 0.277. The smallest absolute Gasteiger partial charge is 0.315 e. The fourth-order valence-corrected chi connectivity index (χ4v) is 2.96. The predicted octanol–water partition coefficient (Wildman–Crippen LogP) is 2.81. The van der Waals surface area contributed by atoms with Crippen LogP contribution in [0.25, 0.3) is 0 Å². The molecule has 1 atom stereocenters. The number of rotatable bonds is 5. The number of hydrogen-bond donors (Lipinski definition) is 2. The molecule has 1 heterocycles. The molecular formula is C16H20N4O. The summed E-state index contributed by atoms with van der Waals surface area (Å²) < 4.78 is 5.68. The van der Waals surface area contributed by atoms with Crippen molar-refractivity contribution in [3.8, 4) is 0 Å². The van der Waals surface area contributed by atoms with E-state index < -0.39 is 0 Å². The van der Waals surface area contributed by atoms with Crippen molar-refractivity contribution in [2.45, 2.75) is 50.7 Å². The van der Waals surface area contributed by atoms with Crippen LogP contribution in [0.5, 0.6) is 0 Å². The minimum absolute atomic E-state index is 0.277. The normalized spacial score (nSPS) is 21.0. The summed E-state index contributed by atoms with van der Waals surface area (Å²) in [5.74, 6) is 0.661. The average molecular weight is 284 g/mol. The second kappa shape index (κ2) is 5.48. The van der Waals surface area contributed by atoms with Crippen LogP contribution in [0.1, 0.15) is 48.7 Å². The molecule has 1 aromatic carbocycles. The van der Waals surface area contributed by atoms with E-state index in [1.165, 1.54) is 30.4 Å². The summed E-state index contributed by atoms with van der Waals surface area (Å²) >= 11 is 0. The molecule has 2 N–H and O–H groups in total. The van der Waals surface area contributed by atoms with Gasteiger partial charge in [-0.25, -0.2) is 0 Å². The zero-order valence-electron chi connectivity index (χ0n) is 12.0. The van der Waals surface area contributed by atoms with Crippen LogP contribution in [0.2, 0.25) is 0 Å². The molecule has 1 aromatic heterocycles. The van der Waals surface area contributed by atoms with E-state index >= 15 is 0 Å². The fraction of sp³-hybridized carbons (Fsp3) is 0.500. The topological polar surface area (TPSA) is 63.0 Å². The molecule has 5 heteroatoms. The minimum Gasteiger partial charge on any atom is -0.407 e. The molecule has 0 saturated heterocycles. The number of nitrogens with zero attached hydrogens (tertiary/aromatic N) is 2. The Bertz CT molecular complexity index is 620. The number of aromatic nitrogens is 2. The van der Waals surface area contributed by atoms with Crippen LogP contribution in [0.3, 0.4) is 0 Å². The summed E-state index contributed by atoms with van der Waals surface area (Å²) in [7, 11) is 0. The number of fused-ring (bicyclic) bond motifs is 1. The highest BCUT2D eigenvalue weighted by Gasteiger charge is 2.23. The zero-order chi connectivity index (χ0) is 14.1. The lowest BCUT2D eigenvalue weighted by atomic mass is 9.88. The predicted molar refractivity (Wildman–Crippen MR) is 79.9 cm³/mol. The Hall–Kier alpha value is -1.88. The molecule has 4 rings (SSSR count). The van der Waals surface area contributed by atoms with Gasteiger partial charge in [-0.1, -0.05) is 29.4 Å². The molecule has 2 aromatic rings. The van der Waals surface area contributed by atoms with Crippen LogP contribution in [0, 0.1) is 0 Å². The molecule has 2 aliphatic rings. The monoisotopic (exact) mass is 284 g/mol. The van der Waals surface area contributed by atoms with Crippen LogP contribution < -0.4 is 10.6 Å². The largest absolute Gasteiger partial charge is 0.407 e. The summed E-state index contributed by atoms with van der Waals surface area (Å²) in [5.41, 5.74) is 2.79. The molecule has 5 nitrogen and oxygen atoms in total. The number of nitrogens with one attached hydrogen (secondary N) is 2. The lowest BCUT2D eigenvalue weighted by Crippen LogP contribution is -2.17. The summed E-state index contributed by atoms with van der Waals surface area (Å²) in [6, 6.07) is 10.1. The van der Waals surface area contributed by atoms with Crippen molar-refractivity contribution < 1.29 is 4.42 Å². The van der Waals surface area contributed by atoms with E-state index in [2.05, 4.69) is 45.1 Å². The van der Waals surface area contributed by atoms with Crippen LogP contribution in [-0.2, 0) is 13.0 Å². The standard InChI is InChI=1S/C16H20N4O/c1-2-6-13-11(4-1)5-3-7-14(13)18-16-20-19-15(21-16)10-17-12-8-9-12/h1-2,4,6,12,14,17H,3,5,7-10H2,(H,18,20). The Morgan fingerprint density at radius 2 is 2.05 bits per heavy atom. The Morgan fingerprint density at radius 3 is 2.95 bits per heavy atom. The van der Waals surface area contributed by atoms with E-state index in [0.29, 0.717) is 24.5 Å². The van der Waals surface area contributed by atoms with E-state index in [9.17, 15) is 0 Å². The van der Waals surface area contributed by atoms with Crippen molar-refractivity contribution in [3.05, 3.63) is 41.3 Å². The maximum Gasteiger partial charge on any atom is 0.315 e. The van der Waals surface area contributed by atoms with E-state index in [0.717, 1.165) is 12.8 Å². The van der Waals surface area contributed by atoms with Crippen LogP contribution in [0.15, 0.2) is 28.7 Å². The van der Waals surface area contributed by atoms with E-state index in [1.54, 1.807) is 0 Å². The highest BCUT2D eigenvalue weighted by molar-refractivity contribution is 5.37. The van der Waals surface area contributed by atoms with Crippen molar-refractivity contribution in [2.75, 3.05) is 5.32 Å². The molecular weight excluding hydrogens is 264 g/mol. The summed E-state index contributed by atoms with van der Waals surface area (Å²) in [6.45, 7) is 0.667. The molecule has 21 heavy (non-hydrogen) atoms. The number of hydrogen-bond acceptors (Lipinski definition) is 5. The third-order valence-electron chi connectivity index (χ3n) is 4.25. The maximum absolute atomic E-state index is 5.68. The Kier molecular flexibility index (Phi) is 3.35. The second-order valence-corrected chi connectivity index (χ2v) is 5.94. The molecule has 1 unspecified atom stereocenters. The molecule has 0 spiro atoms. The zero-order valence-corrected chi connectivity index (χ0v) is 12.0. The first-order chi connectivity index (χ1) is 10.4. The Labute approximate surface area is 124 Å². The van der Waals surface area contributed by atoms with E-state index in [1.807, 2.05) is 0 Å². The lowest BCUT2D eigenvalue weighted by molar-refractivity contribution is 0.467. The molecule has 0 aliphatic heterocycles. The Morgan fingerprint density at radius 1 is 1.14 bits per heavy atom.